The molecule has 29 heavy (non-hydrogen) atoms. The number of likely N-dealkylation sites (tertiary alicyclic amines) is 1. The lowest BCUT2D eigenvalue weighted by atomic mass is 10.1. The minimum Gasteiger partial charge on any atom is -0.489 e. The van der Waals surface area contributed by atoms with Gasteiger partial charge in [0.05, 0.1) is 6.04 Å². The number of carbonyl (C=O) groups excluding carboxylic acids is 2. The van der Waals surface area contributed by atoms with E-state index in [1.807, 2.05) is 43.3 Å². The third kappa shape index (κ3) is 6.20. The molecule has 2 aromatic rings. The molecule has 2 atom stereocenters. The lowest BCUT2D eigenvalue weighted by Gasteiger charge is -2.33. The predicted molar refractivity (Wildman–Crippen MR) is 110 cm³/mol. The number of aromatic nitrogens is 1. The second-order valence-corrected chi connectivity index (χ2v) is 7.38. The Hall–Kier alpha value is -3.09. The average molecular weight is 396 g/mol. The fraction of sp³-hybridized carbons (Fsp3) is 0.409. The van der Waals surface area contributed by atoms with Gasteiger partial charge in [-0.15, -0.1) is 0 Å². The highest BCUT2D eigenvalue weighted by atomic mass is 16.5. The zero-order chi connectivity index (χ0) is 20.6. The van der Waals surface area contributed by atoms with Crippen LogP contribution >= 0.6 is 0 Å². The molecular weight excluding hydrogens is 368 g/mol. The lowest BCUT2D eigenvalue weighted by Crippen LogP contribution is -2.52. The Bertz CT molecular complexity index is 811. The molecule has 1 aromatic heterocycles. The van der Waals surface area contributed by atoms with Crippen molar-refractivity contribution < 1.29 is 14.3 Å². The van der Waals surface area contributed by atoms with Crippen molar-refractivity contribution in [1.82, 2.24) is 20.5 Å². The van der Waals surface area contributed by atoms with Crippen molar-refractivity contribution in [1.29, 1.82) is 0 Å². The smallest absolute Gasteiger partial charge is 0.317 e. The summed E-state index contributed by atoms with van der Waals surface area (Å²) in [5.41, 5.74) is 2.01. The van der Waals surface area contributed by atoms with Crippen LogP contribution in [-0.4, -0.2) is 41.0 Å². The first-order chi connectivity index (χ1) is 14.0. The highest BCUT2D eigenvalue weighted by Gasteiger charge is 2.25. The second kappa shape index (κ2) is 9.91. The number of pyridine rings is 1. The zero-order valence-corrected chi connectivity index (χ0v) is 16.9. The third-order valence-corrected chi connectivity index (χ3v) is 4.96. The Morgan fingerprint density at radius 3 is 2.76 bits per heavy atom. The van der Waals surface area contributed by atoms with Crippen molar-refractivity contribution in [3.05, 3.63) is 59.9 Å². The number of hydrogen-bond acceptors (Lipinski definition) is 4. The minimum atomic E-state index is -0.129. The molecule has 1 aromatic carbocycles. The number of piperidine rings is 1. The number of ether oxygens (including phenoxy) is 1. The van der Waals surface area contributed by atoms with Gasteiger partial charge in [-0.25, -0.2) is 4.79 Å². The number of hydrogen-bond donors (Lipinski definition) is 2. The van der Waals surface area contributed by atoms with E-state index in [0.717, 1.165) is 29.7 Å². The number of carbonyl (C=O) groups is 2. The molecule has 0 aliphatic carbocycles. The molecular formula is C22H28N4O3. The van der Waals surface area contributed by atoms with Crippen LogP contribution in [0.4, 0.5) is 4.79 Å². The maximum atomic E-state index is 12.6. The Kier molecular flexibility index (Phi) is 7.05. The molecule has 0 radical (unpaired) electrons. The monoisotopic (exact) mass is 396 g/mol. The van der Waals surface area contributed by atoms with Crippen molar-refractivity contribution in [2.45, 2.75) is 45.4 Å². The summed E-state index contributed by atoms with van der Waals surface area (Å²) in [7, 11) is 0. The van der Waals surface area contributed by atoms with Crippen LogP contribution in [0.5, 0.6) is 5.75 Å². The van der Waals surface area contributed by atoms with Crippen LogP contribution < -0.4 is 15.4 Å². The largest absolute Gasteiger partial charge is 0.489 e. The van der Waals surface area contributed by atoms with E-state index in [4.69, 9.17) is 4.74 Å². The molecule has 3 amide bonds. The summed E-state index contributed by atoms with van der Waals surface area (Å²) in [5.74, 6) is 0.710. The summed E-state index contributed by atoms with van der Waals surface area (Å²) in [4.78, 5) is 29.7. The molecule has 7 heteroatoms. The summed E-state index contributed by atoms with van der Waals surface area (Å²) >= 11 is 0. The summed E-state index contributed by atoms with van der Waals surface area (Å²) in [6.07, 6.45) is 5.30. The third-order valence-electron chi connectivity index (χ3n) is 4.96. The molecule has 1 aliphatic rings. The van der Waals surface area contributed by atoms with Crippen molar-refractivity contribution in [3.8, 4) is 5.75 Å². The highest BCUT2D eigenvalue weighted by Crippen LogP contribution is 2.19. The van der Waals surface area contributed by atoms with Crippen LogP contribution in [0.1, 0.15) is 43.9 Å². The van der Waals surface area contributed by atoms with Gasteiger partial charge in [-0.3, -0.25) is 9.78 Å². The first-order valence-corrected chi connectivity index (χ1v) is 9.95. The summed E-state index contributed by atoms with van der Waals surface area (Å²) in [6, 6.07) is 11.4. The molecule has 2 N–H and O–H groups in total. The maximum absolute atomic E-state index is 12.6. The molecule has 154 valence electrons. The molecule has 7 nitrogen and oxygen atoms in total. The van der Waals surface area contributed by atoms with E-state index >= 15 is 0 Å². The first kappa shape index (κ1) is 20.6. The summed E-state index contributed by atoms with van der Waals surface area (Å²) in [5, 5.41) is 5.95. The van der Waals surface area contributed by atoms with Gasteiger partial charge in [0.15, 0.2) is 0 Å². The Labute approximate surface area is 171 Å². The Morgan fingerprint density at radius 2 is 2.07 bits per heavy atom. The summed E-state index contributed by atoms with van der Waals surface area (Å²) in [6.45, 7) is 5.17. The van der Waals surface area contributed by atoms with Crippen molar-refractivity contribution >= 4 is 11.9 Å². The van der Waals surface area contributed by atoms with Crippen molar-refractivity contribution in [2.24, 2.45) is 0 Å². The number of urea groups is 1. The van der Waals surface area contributed by atoms with Gasteiger partial charge < -0.3 is 20.3 Å². The second-order valence-electron chi connectivity index (χ2n) is 7.38. The molecule has 0 spiro atoms. The van der Waals surface area contributed by atoms with E-state index in [0.29, 0.717) is 19.7 Å². The first-order valence-electron chi connectivity index (χ1n) is 9.95. The predicted octanol–water partition coefficient (Wildman–Crippen LogP) is 3.03. The molecule has 1 aliphatic heterocycles. The van der Waals surface area contributed by atoms with E-state index in [1.165, 1.54) is 6.92 Å². The van der Waals surface area contributed by atoms with Crippen LogP contribution in [-0.2, 0) is 11.4 Å². The molecule has 1 saturated heterocycles. The van der Waals surface area contributed by atoms with Crippen molar-refractivity contribution in [2.75, 3.05) is 13.1 Å². The van der Waals surface area contributed by atoms with E-state index in [-0.39, 0.29) is 24.0 Å². The lowest BCUT2D eigenvalue weighted by molar-refractivity contribution is -0.119. The van der Waals surface area contributed by atoms with Crippen LogP contribution in [0, 0.1) is 0 Å². The zero-order valence-electron chi connectivity index (χ0n) is 16.9. The van der Waals surface area contributed by atoms with Gasteiger partial charge >= 0.3 is 6.03 Å². The van der Waals surface area contributed by atoms with Gasteiger partial charge in [-0.1, -0.05) is 18.2 Å². The molecule has 1 fully saturated rings. The maximum Gasteiger partial charge on any atom is 0.317 e. The number of rotatable bonds is 6. The minimum absolute atomic E-state index is 0.0264. The number of benzene rings is 1. The Balaban J connectivity index is 1.50. The van der Waals surface area contributed by atoms with Crippen LogP contribution in [0.3, 0.4) is 0 Å². The fourth-order valence-electron chi connectivity index (χ4n) is 3.43. The van der Waals surface area contributed by atoms with Gasteiger partial charge in [-0.2, -0.15) is 0 Å². The van der Waals surface area contributed by atoms with Gasteiger partial charge in [0, 0.05) is 44.0 Å². The number of nitrogens with zero attached hydrogens (tertiary/aromatic N) is 2. The topological polar surface area (TPSA) is 83.6 Å². The molecule has 2 heterocycles. The number of amides is 3. The molecule has 0 saturated carbocycles. The highest BCUT2D eigenvalue weighted by molar-refractivity contribution is 5.75. The number of nitrogens with one attached hydrogen (secondary N) is 2. The van der Waals surface area contributed by atoms with Gasteiger partial charge in [-0.05, 0) is 43.5 Å². The molecule has 3 rings (SSSR count). The molecule has 2 unspecified atom stereocenters. The van der Waals surface area contributed by atoms with E-state index in [9.17, 15) is 9.59 Å². The standard InChI is InChI=1S/C22H28N4O3/c1-16(24-22(28)26-12-4-6-20(14-26)25-17(2)27)19-7-9-21(10-8-19)29-15-18-5-3-11-23-13-18/h3,5,7-11,13,16,20H,4,6,12,14-15H2,1-2H3,(H,24,28)(H,25,27). The van der Waals surface area contributed by atoms with Crippen LogP contribution in [0.15, 0.2) is 48.8 Å². The van der Waals surface area contributed by atoms with Gasteiger partial charge in [0.2, 0.25) is 5.91 Å². The summed E-state index contributed by atoms with van der Waals surface area (Å²) < 4.78 is 5.78. The van der Waals surface area contributed by atoms with Crippen molar-refractivity contribution in [3.63, 3.8) is 0 Å². The molecule has 0 bridgehead atoms. The normalized spacial score (nSPS) is 17.3. The van der Waals surface area contributed by atoms with Gasteiger partial charge in [0.25, 0.3) is 0 Å². The van der Waals surface area contributed by atoms with Crippen LogP contribution in [0.25, 0.3) is 0 Å². The SMILES string of the molecule is CC(=O)NC1CCCN(C(=O)NC(C)c2ccc(OCc3cccnc3)cc2)C1. The van der Waals surface area contributed by atoms with Gasteiger partial charge in [0.1, 0.15) is 12.4 Å². The fourth-order valence-corrected chi connectivity index (χ4v) is 3.43. The van der Waals surface area contributed by atoms with E-state index in [2.05, 4.69) is 15.6 Å². The average Bonchev–Trinajstić information content (AvgIpc) is 2.73. The Morgan fingerprint density at radius 1 is 1.28 bits per heavy atom. The van der Waals surface area contributed by atoms with E-state index in [1.54, 1.807) is 17.3 Å². The quantitative estimate of drug-likeness (QED) is 0.786. The van der Waals surface area contributed by atoms with E-state index < -0.39 is 0 Å². The van der Waals surface area contributed by atoms with Crippen LogP contribution in [0.2, 0.25) is 0 Å².